The molecule has 5 nitrogen and oxygen atoms in total. The zero-order chi connectivity index (χ0) is 9.97. The zero-order valence-corrected chi connectivity index (χ0v) is 8.70. The molecule has 0 saturated carbocycles. The monoisotopic (exact) mass is 229 g/mol. The molecule has 80 valence electrons. The number of anilines is 2. The first-order valence-electron chi connectivity index (χ1n) is 3.97. The van der Waals surface area contributed by atoms with Crippen LogP contribution in [-0.2, 0) is 7.05 Å². The Morgan fingerprint density at radius 1 is 1.27 bits per heavy atom. The SMILES string of the molecule is Cl.Cn1cc(Nc2ncc(F)cn2)cn1. The first-order valence-corrected chi connectivity index (χ1v) is 3.97. The maximum absolute atomic E-state index is 12.5. The summed E-state index contributed by atoms with van der Waals surface area (Å²) in [5.74, 6) is -0.110. The van der Waals surface area contributed by atoms with Crippen molar-refractivity contribution >= 4 is 24.0 Å². The van der Waals surface area contributed by atoms with Crippen LogP contribution >= 0.6 is 12.4 Å². The second-order valence-electron chi connectivity index (χ2n) is 2.75. The molecular weight excluding hydrogens is 221 g/mol. The molecule has 0 fully saturated rings. The van der Waals surface area contributed by atoms with Gasteiger partial charge in [0.15, 0.2) is 5.82 Å². The lowest BCUT2D eigenvalue weighted by atomic mass is 10.5. The molecule has 0 aromatic carbocycles. The number of aryl methyl sites for hydroxylation is 1. The summed E-state index contributed by atoms with van der Waals surface area (Å²) in [6, 6.07) is 0. The van der Waals surface area contributed by atoms with Crippen LogP contribution in [0.15, 0.2) is 24.8 Å². The largest absolute Gasteiger partial charge is 0.321 e. The van der Waals surface area contributed by atoms with Crippen LogP contribution in [0.1, 0.15) is 0 Å². The molecule has 0 radical (unpaired) electrons. The number of hydrogen-bond donors (Lipinski definition) is 1. The second kappa shape index (κ2) is 4.70. The predicted octanol–water partition coefficient (Wildman–Crippen LogP) is 1.51. The minimum Gasteiger partial charge on any atom is -0.321 e. The van der Waals surface area contributed by atoms with E-state index in [1.54, 1.807) is 24.1 Å². The Morgan fingerprint density at radius 3 is 2.47 bits per heavy atom. The Morgan fingerprint density at radius 2 is 1.93 bits per heavy atom. The maximum Gasteiger partial charge on any atom is 0.227 e. The Kier molecular flexibility index (Phi) is 3.56. The van der Waals surface area contributed by atoms with E-state index in [9.17, 15) is 4.39 Å². The fraction of sp³-hybridized carbons (Fsp3) is 0.125. The Hall–Kier alpha value is -1.69. The highest BCUT2D eigenvalue weighted by molar-refractivity contribution is 5.85. The topological polar surface area (TPSA) is 55.6 Å². The summed E-state index contributed by atoms with van der Waals surface area (Å²) in [6.45, 7) is 0. The minimum atomic E-state index is -0.457. The van der Waals surface area contributed by atoms with Gasteiger partial charge in [0.2, 0.25) is 5.95 Å². The highest BCUT2D eigenvalue weighted by atomic mass is 35.5. The van der Waals surface area contributed by atoms with Gasteiger partial charge in [0.05, 0.1) is 24.3 Å². The van der Waals surface area contributed by atoms with Crippen molar-refractivity contribution < 1.29 is 4.39 Å². The van der Waals surface area contributed by atoms with E-state index in [0.717, 1.165) is 18.1 Å². The Labute approximate surface area is 91.8 Å². The van der Waals surface area contributed by atoms with Crippen LogP contribution in [0.25, 0.3) is 0 Å². The van der Waals surface area contributed by atoms with E-state index in [-0.39, 0.29) is 12.4 Å². The van der Waals surface area contributed by atoms with Crippen molar-refractivity contribution in [3.05, 3.63) is 30.6 Å². The number of nitrogens with one attached hydrogen (secondary N) is 1. The summed E-state index contributed by atoms with van der Waals surface area (Å²) in [5.41, 5.74) is 0.763. The van der Waals surface area contributed by atoms with E-state index in [0.29, 0.717) is 5.95 Å². The maximum atomic E-state index is 12.5. The Bertz CT molecular complexity index is 427. The quantitative estimate of drug-likeness (QED) is 0.848. The number of aromatic nitrogens is 4. The smallest absolute Gasteiger partial charge is 0.227 e. The fourth-order valence-corrected chi connectivity index (χ4v) is 0.992. The van der Waals surface area contributed by atoms with E-state index >= 15 is 0 Å². The predicted molar refractivity (Wildman–Crippen MR) is 55.7 cm³/mol. The first kappa shape index (κ1) is 11.4. The molecule has 0 atom stereocenters. The van der Waals surface area contributed by atoms with E-state index < -0.39 is 5.82 Å². The number of halogens is 2. The van der Waals surface area contributed by atoms with Crippen molar-refractivity contribution in [3.63, 3.8) is 0 Å². The normalized spacial score (nSPS) is 9.47. The second-order valence-corrected chi connectivity index (χ2v) is 2.75. The summed E-state index contributed by atoms with van der Waals surface area (Å²) in [5, 5.41) is 6.83. The van der Waals surface area contributed by atoms with E-state index in [2.05, 4.69) is 20.4 Å². The molecule has 0 bridgehead atoms. The molecule has 0 aliphatic carbocycles. The van der Waals surface area contributed by atoms with Crippen molar-refractivity contribution in [3.8, 4) is 0 Å². The van der Waals surface area contributed by atoms with E-state index in [1.807, 2.05) is 0 Å². The lowest BCUT2D eigenvalue weighted by molar-refractivity contribution is 0.614. The first-order chi connectivity index (χ1) is 6.74. The molecule has 2 rings (SSSR count). The minimum absolute atomic E-state index is 0. The van der Waals surface area contributed by atoms with Crippen molar-refractivity contribution in [1.29, 1.82) is 0 Å². The number of hydrogen-bond acceptors (Lipinski definition) is 4. The van der Waals surface area contributed by atoms with Gasteiger partial charge >= 0.3 is 0 Å². The lowest BCUT2D eigenvalue weighted by Gasteiger charge is -1.99. The van der Waals surface area contributed by atoms with Gasteiger partial charge in [-0.25, -0.2) is 14.4 Å². The van der Waals surface area contributed by atoms with E-state index in [1.165, 1.54) is 0 Å². The zero-order valence-electron chi connectivity index (χ0n) is 7.88. The third-order valence-corrected chi connectivity index (χ3v) is 1.58. The molecule has 2 aromatic rings. The van der Waals surface area contributed by atoms with Crippen LogP contribution in [0, 0.1) is 5.82 Å². The third kappa shape index (κ3) is 2.88. The van der Waals surface area contributed by atoms with Gasteiger partial charge in [-0.05, 0) is 0 Å². The summed E-state index contributed by atoms with van der Waals surface area (Å²) in [6.07, 6.45) is 5.61. The average molecular weight is 230 g/mol. The number of nitrogens with zero attached hydrogens (tertiary/aromatic N) is 4. The van der Waals surface area contributed by atoms with Crippen LogP contribution in [-0.4, -0.2) is 19.7 Å². The van der Waals surface area contributed by atoms with Gasteiger partial charge < -0.3 is 5.32 Å². The average Bonchev–Trinajstić information content (AvgIpc) is 2.56. The molecule has 0 aliphatic heterocycles. The molecule has 0 aliphatic rings. The van der Waals surface area contributed by atoms with Crippen LogP contribution in [0.2, 0.25) is 0 Å². The molecular formula is C8H9ClFN5. The van der Waals surface area contributed by atoms with Crippen molar-refractivity contribution in [2.24, 2.45) is 7.05 Å². The standard InChI is InChI=1S/C8H8FN5.ClH/c1-14-5-7(4-12-14)13-8-10-2-6(9)3-11-8;/h2-5H,1H3,(H,10,11,13);1H. The van der Waals surface area contributed by atoms with Crippen LogP contribution in [0.3, 0.4) is 0 Å². The molecule has 0 spiro atoms. The lowest BCUT2D eigenvalue weighted by Crippen LogP contribution is -1.95. The van der Waals surface area contributed by atoms with Gasteiger partial charge in [0, 0.05) is 13.2 Å². The molecule has 2 heterocycles. The van der Waals surface area contributed by atoms with Crippen molar-refractivity contribution in [1.82, 2.24) is 19.7 Å². The molecule has 15 heavy (non-hydrogen) atoms. The summed E-state index contributed by atoms with van der Waals surface area (Å²) in [4.78, 5) is 7.50. The van der Waals surface area contributed by atoms with Crippen LogP contribution in [0.4, 0.5) is 16.0 Å². The molecule has 2 aromatic heterocycles. The highest BCUT2D eigenvalue weighted by Crippen LogP contribution is 2.09. The van der Waals surface area contributed by atoms with Gasteiger partial charge in [0.25, 0.3) is 0 Å². The molecule has 0 amide bonds. The van der Waals surface area contributed by atoms with E-state index in [4.69, 9.17) is 0 Å². The number of rotatable bonds is 2. The molecule has 0 saturated heterocycles. The Balaban J connectivity index is 0.00000112. The highest BCUT2D eigenvalue weighted by Gasteiger charge is 1.99. The summed E-state index contributed by atoms with van der Waals surface area (Å²) < 4.78 is 14.1. The fourth-order valence-electron chi connectivity index (χ4n) is 0.992. The van der Waals surface area contributed by atoms with Gasteiger partial charge in [-0.2, -0.15) is 5.10 Å². The molecule has 7 heteroatoms. The van der Waals surface area contributed by atoms with Gasteiger partial charge in [-0.1, -0.05) is 0 Å². The van der Waals surface area contributed by atoms with Gasteiger partial charge in [-0.15, -0.1) is 12.4 Å². The summed E-state index contributed by atoms with van der Waals surface area (Å²) in [7, 11) is 1.80. The van der Waals surface area contributed by atoms with Crippen LogP contribution in [0.5, 0.6) is 0 Å². The van der Waals surface area contributed by atoms with Gasteiger partial charge in [-0.3, -0.25) is 4.68 Å². The van der Waals surface area contributed by atoms with Crippen molar-refractivity contribution in [2.75, 3.05) is 5.32 Å². The van der Waals surface area contributed by atoms with Gasteiger partial charge in [0.1, 0.15) is 0 Å². The molecule has 1 N–H and O–H groups in total. The summed E-state index contributed by atoms with van der Waals surface area (Å²) >= 11 is 0. The van der Waals surface area contributed by atoms with Crippen LogP contribution < -0.4 is 5.32 Å². The molecule has 0 unspecified atom stereocenters. The van der Waals surface area contributed by atoms with Crippen molar-refractivity contribution in [2.45, 2.75) is 0 Å². The third-order valence-electron chi connectivity index (χ3n) is 1.58.